The minimum Gasteiger partial charge on any atom is -0.379 e. The van der Waals surface area contributed by atoms with E-state index < -0.39 is 10.2 Å². The van der Waals surface area contributed by atoms with Gasteiger partial charge in [0.05, 0.1) is 13.2 Å². The zero-order valence-corrected chi connectivity index (χ0v) is 11.6. The van der Waals surface area contributed by atoms with Crippen molar-refractivity contribution in [1.82, 2.24) is 8.61 Å². The lowest BCUT2D eigenvalue weighted by Gasteiger charge is -2.37. The van der Waals surface area contributed by atoms with E-state index in [0.717, 1.165) is 6.42 Å². The van der Waals surface area contributed by atoms with E-state index in [1.165, 1.54) is 4.31 Å². The van der Waals surface area contributed by atoms with Gasteiger partial charge in [-0.15, -0.1) is 11.6 Å². The number of ether oxygens (including phenoxy) is 1. The Morgan fingerprint density at radius 2 is 1.82 bits per heavy atom. The van der Waals surface area contributed by atoms with E-state index in [-0.39, 0.29) is 11.3 Å². The Labute approximate surface area is 108 Å². The van der Waals surface area contributed by atoms with Gasteiger partial charge in [0, 0.05) is 31.6 Å². The molecule has 0 aromatic carbocycles. The van der Waals surface area contributed by atoms with E-state index in [4.69, 9.17) is 16.3 Å². The number of morpholine rings is 1. The number of piperidine rings is 1. The predicted octanol–water partition coefficient (Wildman–Crippen LogP) is 0.513. The summed E-state index contributed by atoms with van der Waals surface area (Å²) < 4.78 is 32.9. The molecule has 2 saturated heterocycles. The first-order valence-electron chi connectivity index (χ1n) is 5.99. The highest BCUT2D eigenvalue weighted by Crippen LogP contribution is 2.25. The van der Waals surface area contributed by atoms with Crippen molar-refractivity contribution in [3.63, 3.8) is 0 Å². The molecule has 0 saturated carbocycles. The van der Waals surface area contributed by atoms with Gasteiger partial charge in [0.15, 0.2) is 0 Å². The third kappa shape index (κ3) is 2.93. The van der Waals surface area contributed by atoms with Crippen molar-refractivity contribution in [1.29, 1.82) is 0 Å². The van der Waals surface area contributed by atoms with Crippen molar-refractivity contribution < 1.29 is 13.2 Å². The van der Waals surface area contributed by atoms with Crippen molar-refractivity contribution in [3.05, 3.63) is 0 Å². The maximum Gasteiger partial charge on any atom is 0.282 e. The first-order chi connectivity index (χ1) is 8.01. The van der Waals surface area contributed by atoms with Gasteiger partial charge in [-0.2, -0.15) is 17.0 Å². The zero-order valence-electron chi connectivity index (χ0n) is 10.0. The normalized spacial score (nSPS) is 33.8. The number of hydrogen-bond donors (Lipinski definition) is 0. The van der Waals surface area contributed by atoms with E-state index in [2.05, 4.69) is 0 Å². The van der Waals surface area contributed by atoms with Crippen LogP contribution >= 0.6 is 11.6 Å². The molecule has 2 unspecified atom stereocenters. The van der Waals surface area contributed by atoms with E-state index >= 15 is 0 Å². The summed E-state index contributed by atoms with van der Waals surface area (Å²) in [6.07, 6.45) is 0.728. The second kappa shape index (κ2) is 5.40. The van der Waals surface area contributed by atoms with Crippen LogP contribution in [0.1, 0.15) is 13.3 Å². The molecule has 0 aromatic heterocycles. The standard InChI is InChI=1S/C10H19ClN2O3S/c1-9-8-13(3-2-10(9)11)17(14,15)12-4-6-16-7-5-12/h9-10H,2-8H2,1H3. The van der Waals surface area contributed by atoms with Crippen LogP contribution in [0.25, 0.3) is 0 Å². The van der Waals surface area contributed by atoms with Gasteiger partial charge in [-0.1, -0.05) is 6.92 Å². The number of nitrogens with zero attached hydrogens (tertiary/aromatic N) is 2. The first-order valence-corrected chi connectivity index (χ1v) is 7.82. The summed E-state index contributed by atoms with van der Waals surface area (Å²) in [5.41, 5.74) is 0. The third-order valence-corrected chi connectivity index (χ3v) is 6.04. The number of rotatable bonds is 2. The van der Waals surface area contributed by atoms with Crippen LogP contribution in [0.3, 0.4) is 0 Å². The molecule has 0 aliphatic carbocycles. The van der Waals surface area contributed by atoms with Gasteiger partial charge in [0.2, 0.25) is 0 Å². The van der Waals surface area contributed by atoms with Gasteiger partial charge in [-0.25, -0.2) is 0 Å². The van der Waals surface area contributed by atoms with E-state index in [1.807, 2.05) is 6.92 Å². The molecule has 0 spiro atoms. The smallest absolute Gasteiger partial charge is 0.282 e. The second-order valence-electron chi connectivity index (χ2n) is 4.66. The van der Waals surface area contributed by atoms with E-state index in [1.54, 1.807) is 4.31 Å². The largest absolute Gasteiger partial charge is 0.379 e. The molecule has 2 aliphatic rings. The Morgan fingerprint density at radius 3 is 2.41 bits per heavy atom. The van der Waals surface area contributed by atoms with Gasteiger partial charge in [0.1, 0.15) is 0 Å². The molecule has 0 amide bonds. The van der Waals surface area contributed by atoms with Gasteiger partial charge >= 0.3 is 0 Å². The van der Waals surface area contributed by atoms with Crippen LogP contribution in [-0.2, 0) is 14.9 Å². The highest BCUT2D eigenvalue weighted by Gasteiger charge is 2.35. The Kier molecular flexibility index (Phi) is 4.31. The molecule has 0 radical (unpaired) electrons. The van der Waals surface area contributed by atoms with Crippen LogP contribution in [0.4, 0.5) is 0 Å². The molecule has 100 valence electrons. The lowest BCUT2D eigenvalue weighted by atomic mass is 10.0. The molecule has 2 aliphatic heterocycles. The van der Waals surface area contributed by atoms with Gasteiger partial charge in [0.25, 0.3) is 10.2 Å². The molecule has 2 atom stereocenters. The molecule has 2 rings (SSSR count). The number of halogens is 1. The van der Waals surface area contributed by atoms with Crippen LogP contribution in [0.2, 0.25) is 0 Å². The highest BCUT2D eigenvalue weighted by atomic mass is 35.5. The molecule has 0 bridgehead atoms. The summed E-state index contributed by atoms with van der Waals surface area (Å²) in [6.45, 7) is 4.93. The van der Waals surface area contributed by atoms with Crippen LogP contribution < -0.4 is 0 Å². The number of alkyl halides is 1. The van der Waals surface area contributed by atoms with Gasteiger partial charge < -0.3 is 4.74 Å². The van der Waals surface area contributed by atoms with Crippen LogP contribution in [-0.4, -0.2) is 61.8 Å². The summed E-state index contributed by atoms with van der Waals surface area (Å²) >= 11 is 6.11. The Balaban J connectivity index is 2.04. The quantitative estimate of drug-likeness (QED) is 0.694. The fourth-order valence-electron chi connectivity index (χ4n) is 2.23. The van der Waals surface area contributed by atoms with Crippen molar-refractivity contribution in [2.75, 3.05) is 39.4 Å². The van der Waals surface area contributed by atoms with Crippen molar-refractivity contribution in [2.45, 2.75) is 18.7 Å². The van der Waals surface area contributed by atoms with E-state index in [0.29, 0.717) is 39.4 Å². The minimum absolute atomic E-state index is 0.0890. The third-order valence-electron chi connectivity index (χ3n) is 3.39. The average Bonchev–Trinajstić information content (AvgIpc) is 2.33. The number of hydrogen-bond acceptors (Lipinski definition) is 3. The highest BCUT2D eigenvalue weighted by molar-refractivity contribution is 7.86. The Bertz CT molecular complexity index is 357. The summed E-state index contributed by atoms with van der Waals surface area (Å²) in [4.78, 5) is 0. The fraction of sp³-hybridized carbons (Fsp3) is 1.00. The molecule has 2 heterocycles. The van der Waals surface area contributed by atoms with Gasteiger partial charge in [-0.3, -0.25) is 0 Å². The second-order valence-corrected chi connectivity index (χ2v) is 7.15. The molecular formula is C10H19ClN2O3S. The fourth-order valence-corrected chi connectivity index (χ4v) is 4.10. The first kappa shape index (κ1) is 13.5. The summed E-state index contributed by atoms with van der Waals surface area (Å²) in [5.74, 6) is 0.209. The van der Waals surface area contributed by atoms with Crippen LogP contribution in [0.15, 0.2) is 0 Å². The molecular weight excluding hydrogens is 264 g/mol. The lowest BCUT2D eigenvalue weighted by molar-refractivity contribution is 0.0692. The van der Waals surface area contributed by atoms with Crippen LogP contribution in [0.5, 0.6) is 0 Å². The predicted molar refractivity (Wildman–Crippen MR) is 66.3 cm³/mol. The molecule has 2 fully saturated rings. The Hall–Kier alpha value is 0.120. The van der Waals surface area contributed by atoms with Crippen molar-refractivity contribution >= 4 is 21.8 Å². The topological polar surface area (TPSA) is 49.9 Å². The van der Waals surface area contributed by atoms with Crippen molar-refractivity contribution in [2.24, 2.45) is 5.92 Å². The summed E-state index contributed by atoms with van der Waals surface area (Å²) in [6, 6.07) is 0. The lowest BCUT2D eigenvalue weighted by Crippen LogP contribution is -2.52. The maximum atomic E-state index is 12.3. The molecule has 0 aromatic rings. The maximum absolute atomic E-state index is 12.3. The Morgan fingerprint density at radius 1 is 1.18 bits per heavy atom. The molecule has 5 nitrogen and oxygen atoms in total. The zero-order chi connectivity index (χ0) is 12.5. The minimum atomic E-state index is -3.31. The van der Waals surface area contributed by atoms with Crippen LogP contribution in [0, 0.1) is 5.92 Å². The molecule has 0 N–H and O–H groups in total. The summed E-state index contributed by atoms with van der Waals surface area (Å²) in [5, 5.41) is 0.0890. The monoisotopic (exact) mass is 282 g/mol. The average molecular weight is 283 g/mol. The molecule has 17 heavy (non-hydrogen) atoms. The van der Waals surface area contributed by atoms with E-state index in [9.17, 15) is 8.42 Å². The van der Waals surface area contributed by atoms with Gasteiger partial charge in [-0.05, 0) is 12.3 Å². The SMILES string of the molecule is CC1CN(S(=O)(=O)N2CCOCC2)CCC1Cl. The molecule has 7 heteroatoms. The van der Waals surface area contributed by atoms with Crippen molar-refractivity contribution in [3.8, 4) is 0 Å². The summed E-state index contributed by atoms with van der Waals surface area (Å²) in [7, 11) is -3.31.